The number of carbonyl (C=O) groups is 1. The molecule has 116 valence electrons. The fourth-order valence-corrected chi connectivity index (χ4v) is 2.68. The third-order valence-electron chi connectivity index (χ3n) is 3.78. The van der Waals surface area contributed by atoms with Crippen molar-refractivity contribution in [3.63, 3.8) is 0 Å². The van der Waals surface area contributed by atoms with E-state index in [4.69, 9.17) is 9.47 Å². The smallest absolute Gasteiger partial charge is 0.314 e. The summed E-state index contributed by atoms with van der Waals surface area (Å²) in [6.07, 6.45) is 1.95. The van der Waals surface area contributed by atoms with Crippen LogP contribution in [0.4, 0.5) is 4.39 Å². The SMILES string of the molecule is CCOC(=O)[C@H]1CCC[NH+](CCOc2ccc(F)cc2)C1. The number of likely N-dealkylation sites (tertiary alicyclic amines) is 1. The summed E-state index contributed by atoms with van der Waals surface area (Å²) < 4.78 is 23.5. The van der Waals surface area contributed by atoms with Crippen molar-refractivity contribution in [2.45, 2.75) is 19.8 Å². The Balaban J connectivity index is 1.72. The van der Waals surface area contributed by atoms with Gasteiger partial charge in [-0.25, -0.2) is 4.39 Å². The van der Waals surface area contributed by atoms with Crippen LogP contribution in [-0.2, 0) is 9.53 Å². The zero-order chi connectivity index (χ0) is 15.1. The molecule has 1 unspecified atom stereocenters. The molecule has 1 aliphatic heterocycles. The van der Waals surface area contributed by atoms with E-state index in [1.165, 1.54) is 17.0 Å². The molecule has 1 aromatic carbocycles. The topological polar surface area (TPSA) is 40.0 Å². The van der Waals surface area contributed by atoms with Gasteiger partial charge in [0.1, 0.15) is 30.6 Å². The predicted octanol–water partition coefficient (Wildman–Crippen LogP) is 1.06. The van der Waals surface area contributed by atoms with E-state index < -0.39 is 0 Å². The van der Waals surface area contributed by atoms with E-state index >= 15 is 0 Å². The number of rotatable bonds is 6. The van der Waals surface area contributed by atoms with Gasteiger partial charge in [0, 0.05) is 0 Å². The number of benzene rings is 1. The first kappa shape index (κ1) is 15.8. The highest BCUT2D eigenvalue weighted by Crippen LogP contribution is 2.11. The number of piperidine rings is 1. The normalized spacial score (nSPS) is 21.8. The summed E-state index contributed by atoms with van der Waals surface area (Å²) >= 11 is 0. The number of nitrogens with one attached hydrogen (secondary N) is 1. The molecule has 1 fully saturated rings. The number of hydrogen-bond acceptors (Lipinski definition) is 3. The van der Waals surface area contributed by atoms with E-state index in [-0.39, 0.29) is 17.7 Å². The first-order chi connectivity index (χ1) is 10.2. The highest BCUT2D eigenvalue weighted by atomic mass is 19.1. The second kappa shape index (κ2) is 7.98. The fraction of sp³-hybridized carbons (Fsp3) is 0.562. The molecule has 0 saturated carbocycles. The van der Waals surface area contributed by atoms with Crippen LogP contribution in [0.5, 0.6) is 5.75 Å². The van der Waals surface area contributed by atoms with Crippen molar-refractivity contribution in [1.82, 2.24) is 0 Å². The average molecular weight is 296 g/mol. The number of hydrogen-bond donors (Lipinski definition) is 1. The highest BCUT2D eigenvalue weighted by molar-refractivity contribution is 5.72. The molecule has 0 aliphatic carbocycles. The van der Waals surface area contributed by atoms with Gasteiger partial charge in [-0.1, -0.05) is 0 Å². The van der Waals surface area contributed by atoms with Gasteiger partial charge in [0.25, 0.3) is 0 Å². The lowest BCUT2D eigenvalue weighted by Gasteiger charge is -2.28. The first-order valence-corrected chi connectivity index (χ1v) is 7.57. The van der Waals surface area contributed by atoms with Gasteiger partial charge in [-0.05, 0) is 44.0 Å². The van der Waals surface area contributed by atoms with Crippen LogP contribution in [-0.4, -0.2) is 38.8 Å². The third-order valence-corrected chi connectivity index (χ3v) is 3.78. The summed E-state index contributed by atoms with van der Waals surface area (Å²) in [6, 6.07) is 6.03. The molecule has 5 heteroatoms. The monoisotopic (exact) mass is 296 g/mol. The van der Waals surface area contributed by atoms with Gasteiger partial charge in [0.2, 0.25) is 0 Å². The van der Waals surface area contributed by atoms with Crippen molar-refractivity contribution in [3.05, 3.63) is 30.1 Å². The largest absolute Gasteiger partial charge is 0.488 e. The summed E-state index contributed by atoms with van der Waals surface area (Å²) in [5, 5.41) is 0. The quantitative estimate of drug-likeness (QED) is 0.798. The van der Waals surface area contributed by atoms with Crippen LogP contribution in [0.2, 0.25) is 0 Å². The summed E-state index contributed by atoms with van der Waals surface area (Å²) in [5.41, 5.74) is 0. The molecule has 1 aromatic rings. The third kappa shape index (κ3) is 5.01. The number of ether oxygens (including phenoxy) is 2. The van der Waals surface area contributed by atoms with Crippen molar-refractivity contribution in [1.29, 1.82) is 0 Å². The molecule has 1 aliphatic rings. The van der Waals surface area contributed by atoms with E-state index in [2.05, 4.69) is 0 Å². The molecule has 0 radical (unpaired) electrons. The van der Waals surface area contributed by atoms with Gasteiger partial charge in [-0.3, -0.25) is 4.79 Å². The maximum atomic E-state index is 12.8. The Morgan fingerprint density at radius 2 is 2.14 bits per heavy atom. The Hall–Kier alpha value is -1.62. The Bertz CT molecular complexity index is 449. The zero-order valence-corrected chi connectivity index (χ0v) is 12.4. The molecule has 2 atom stereocenters. The standard InChI is InChI=1S/C16H22FNO3/c1-2-20-16(19)13-4-3-9-18(12-13)10-11-21-15-7-5-14(17)6-8-15/h5-8,13H,2-4,9-12H2,1H3/p+1/t13-/m0/s1. The van der Waals surface area contributed by atoms with Gasteiger partial charge in [-0.15, -0.1) is 0 Å². The lowest BCUT2D eigenvalue weighted by molar-refractivity contribution is -0.907. The highest BCUT2D eigenvalue weighted by Gasteiger charge is 2.29. The minimum atomic E-state index is -0.263. The van der Waals surface area contributed by atoms with Gasteiger partial charge in [-0.2, -0.15) is 0 Å². The van der Waals surface area contributed by atoms with Gasteiger partial charge < -0.3 is 14.4 Å². The fourth-order valence-electron chi connectivity index (χ4n) is 2.68. The van der Waals surface area contributed by atoms with Gasteiger partial charge in [0.15, 0.2) is 0 Å². The van der Waals surface area contributed by atoms with Crippen LogP contribution in [0.1, 0.15) is 19.8 Å². The summed E-state index contributed by atoms with van der Waals surface area (Å²) in [7, 11) is 0. The van der Waals surface area contributed by atoms with Crippen LogP contribution in [0.3, 0.4) is 0 Å². The average Bonchev–Trinajstić information content (AvgIpc) is 2.50. The van der Waals surface area contributed by atoms with E-state index in [0.29, 0.717) is 19.0 Å². The van der Waals surface area contributed by atoms with E-state index in [9.17, 15) is 9.18 Å². The minimum absolute atomic E-state index is 0.0134. The molecule has 0 spiro atoms. The van der Waals surface area contributed by atoms with Crippen molar-refractivity contribution >= 4 is 5.97 Å². The van der Waals surface area contributed by atoms with E-state index in [0.717, 1.165) is 32.5 Å². The summed E-state index contributed by atoms with van der Waals surface area (Å²) in [5.74, 6) is 0.352. The van der Waals surface area contributed by atoms with Crippen molar-refractivity contribution < 1.29 is 23.6 Å². The predicted molar refractivity (Wildman–Crippen MR) is 76.8 cm³/mol. The molecule has 21 heavy (non-hydrogen) atoms. The van der Waals surface area contributed by atoms with Gasteiger partial charge in [0.05, 0.1) is 19.7 Å². The number of quaternary nitrogens is 1. The van der Waals surface area contributed by atoms with Crippen LogP contribution in [0.25, 0.3) is 0 Å². The van der Waals surface area contributed by atoms with Crippen LogP contribution in [0, 0.1) is 11.7 Å². The lowest BCUT2D eigenvalue weighted by Crippen LogP contribution is -3.14. The molecule has 2 rings (SSSR count). The molecular formula is C16H23FNO3+. The van der Waals surface area contributed by atoms with Crippen LogP contribution >= 0.6 is 0 Å². The molecular weight excluding hydrogens is 273 g/mol. The number of halogens is 1. The molecule has 0 bridgehead atoms. The van der Waals surface area contributed by atoms with E-state index in [1.807, 2.05) is 6.92 Å². The molecule has 1 heterocycles. The molecule has 0 aromatic heterocycles. The minimum Gasteiger partial charge on any atom is -0.488 e. The Labute approximate surface area is 124 Å². The molecule has 0 amide bonds. The number of esters is 1. The van der Waals surface area contributed by atoms with Crippen LogP contribution in [0.15, 0.2) is 24.3 Å². The Kier molecular flexibility index (Phi) is 5.99. The maximum absolute atomic E-state index is 12.8. The summed E-state index contributed by atoms with van der Waals surface area (Å²) in [6.45, 7) is 5.55. The second-order valence-corrected chi connectivity index (χ2v) is 5.35. The first-order valence-electron chi connectivity index (χ1n) is 7.57. The van der Waals surface area contributed by atoms with Crippen molar-refractivity contribution in [3.8, 4) is 5.75 Å². The van der Waals surface area contributed by atoms with Crippen molar-refractivity contribution in [2.75, 3.05) is 32.8 Å². The van der Waals surface area contributed by atoms with Gasteiger partial charge >= 0.3 is 5.97 Å². The molecule has 1 N–H and O–H groups in total. The zero-order valence-electron chi connectivity index (χ0n) is 12.4. The lowest BCUT2D eigenvalue weighted by atomic mass is 9.98. The van der Waals surface area contributed by atoms with Crippen LogP contribution < -0.4 is 9.64 Å². The molecule has 4 nitrogen and oxygen atoms in total. The van der Waals surface area contributed by atoms with E-state index in [1.54, 1.807) is 12.1 Å². The Morgan fingerprint density at radius 1 is 1.38 bits per heavy atom. The summed E-state index contributed by atoms with van der Waals surface area (Å²) in [4.78, 5) is 13.1. The number of carbonyl (C=O) groups excluding carboxylic acids is 1. The Morgan fingerprint density at radius 3 is 2.86 bits per heavy atom. The molecule has 1 saturated heterocycles. The van der Waals surface area contributed by atoms with Crippen molar-refractivity contribution in [2.24, 2.45) is 5.92 Å². The second-order valence-electron chi connectivity index (χ2n) is 5.35. The maximum Gasteiger partial charge on any atom is 0.314 e.